The second-order valence-electron chi connectivity index (χ2n) is 3.62. The zero-order valence-electron chi connectivity index (χ0n) is 9.60. The molecule has 0 amide bonds. The summed E-state index contributed by atoms with van der Waals surface area (Å²) in [7, 11) is 3.69. The predicted octanol–water partition coefficient (Wildman–Crippen LogP) is 1.18. The number of likely N-dealkylation sites (N-methyl/N-ethyl adjacent to an activating group) is 1. The lowest BCUT2D eigenvalue weighted by molar-refractivity contribution is 0.206. The van der Waals surface area contributed by atoms with E-state index in [0.29, 0.717) is 6.61 Å². The van der Waals surface area contributed by atoms with Gasteiger partial charge in [0.2, 0.25) is 0 Å². The number of pyridine rings is 1. The molecular weight excluding hydrogens is 190 g/mol. The summed E-state index contributed by atoms with van der Waals surface area (Å²) in [5.41, 5.74) is 6.95. The molecule has 0 spiro atoms. The third kappa shape index (κ3) is 3.18. The van der Waals surface area contributed by atoms with E-state index in [-0.39, 0.29) is 6.04 Å². The first kappa shape index (κ1) is 11.9. The van der Waals surface area contributed by atoms with Crippen molar-refractivity contribution < 1.29 is 4.74 Å². The fourth-order valence-electron chi connectivity index (χ4n) is 1.42. The van der Waals surface area contributed by atoms with Crippen molar-refractivity contribution in [2.24, 2.45) is 5.73 Å². The molecule has 1 rings (SSSR count). The first-order valence-corrected chi connectivity index (χ1v) is 5.07. The molecule has 0 unspecified atom stereocenters. The Morgan fingerprint density at radius 2 is 2.33 bits per heavy atom. The zero-order chi connectivity index (χ0) is 11.3. The second kappa shape index (κ2) is 5.68. The van der Waals surface area contributed by atoms with Crippen LogP contribution in [0.2, 0.25) is 0 Å². The number of nitrogens with two attached hydrogens (primary N) is 1. The van der Waals surface area contributed by atoms with Crippen LogP contribution in [-0.2, 0) is 4.74 Å². The standard InChI is InChI=1S/C11H19N3O/c1-9(12)10-5-4-6-13-11(10)14(2)7-8-15-3/h4-6,9H,7-8,12H2,1-3H3/t9-/m0/s1. The van der Waals surface area contributed by atoms with Gasteiger partial charge in [-0.05, 0) is 13.0 Å². The molecule has 0 saturated carbocycles. The molecule has 4 nitrogen and oxygen atoms in total. The molecule has 0 fully saturated rings. The lowest BCUT2D eigenvalue weighted by Gasteiger charge is -2.21. The van der Waals surface area contributed by atoms with E-state index >= 15 is 0 Å². The van der Waals surface area contributed by atoms with Gasteiger partial charge in [0, 0.05) is 38.5 Å². The quantitative estimate of drug-likeness (QED) is 0.791. The molecule has 0 radical (unpaired) electrons. The van der Waals surface area contributed by atoms with Crippen molar-refractivity contribution in [3.63, 3.8) is 0 Å². The van der Waals surface area contributed by atoms with Gasteiger partial charge in [-0.25, -0.2) is 4.98 Å². The van der Waals surface area contributed by atoms with Gasteiger partial charge in [-0.3, -0.25) is 0 Å². The fraction of sp³-hybridized carbons (Fsp3) is 0.545. The van der Waals surface area contributed by atoms with E-state index in [1.54, 1.807) is 13.3 Å². The van der Waals surface area contributed by atoms with Crippen molar-refractivity contribution in [2.45, 2.75) is 13.0 Å². The van der Waals surface area contributed by atoms with Crippen molar-refractivity contribution in [1.29, 1.82) is 0 Å². The Kier molecular flexibility index (Phi) is 4.52. The summed E-state index contributed by atoms with van der Waals surface area (Å²) in [6.07, 6.45) is 1.78. The predicted molar refractivity (Wildman–Crippen MR) is 62.0 cm³/mol. The number of nitrogens with zero attached hydrogens (tertiary/aromatic N) is 2. The summed E-state index contributed by atoms with van der Waals surface area (Å²) < 4.78 is 5.03. The number of anilines is 1. The molecule has 15 heavy (non-hydrogen) atoms. The molecule has 1 aromatic heterocycles. The highest BCUT2D eigenvalue weighted by molar-refractivity contribution is 5.47. The fourth-order valence-corrected chi connectivity index (χ4v) is 1.42. The first-order chi connectivity index (χ1) is 7.16. The van der Waals surface area contributed by atoms with Crippen molar-refractivity contribution in [2.75, 3.05) is 32.2 Å². The van der Waals surface area contributed by atoms with E-state index in [1.807, 2.05) is 26.1 Å². The van der Waals surface area contributed by atoms with Gasteiger partial charge in [0.1, 0.15) is 5.82 Å². The highest BCUT2D eigenvalue weighted by atomic mass is 16.5. The number of methoxy groups -OCH3 is 1. The minimum Gasteiger partial charge on any atom is -0.383 e. The molecule has 2 N–H and O–H groups in total. The van der Waals surface area contributed by atoms with Crippen molar-refractivity contribution in [3.8, 4) is 0 Å². The molecule has 0 aromatic carbocycles. The molecule has 0 aliphatic heterocycles. The van der Waals surface area contributed by atoms with Gasteiger partial charge in [0.15, 0.2) is 0 Å². The largest absolute Gasteiger partial charge is 0.383 e. The Bertz CT molecular complexity index is 302. The van der Waals surface area contributed by atoms with E-state index < -0.39 is 0 Å². The van der Waals surface area contributed by atoms with Crippen LogP contribution in [0.15, 0.2) is 18.3 Å². The van der Waals surface area contributed by atoms with Gasteiger partial charge in [-0.1, -0.05) is 6.07 Å². The van der Waals surface area contributed by atoms with Crippen LogP contribution in [0.1, 0.15) is 18.5 Å². The molecule has 4 heteroatoms. The Balaban J connectivity index is 2.82. The monoisotopic (exact) mass is 209 g/mol. The minimum absolute atomic E-state index is 0.00121. The molecule has 1 aromatic rings. The lowest BCUT2D eigenvalue weighted by atomic mass is 10.1. The maximum absolute atomic E-state index is 5.88. The number of rotatable bonds is 5. The van der Waals surface area contributed by atoms with Crippen LogP contribution < -0.4 is 10.6 Å². The third-order valence-electron chi connectivity index (χ3n) is 2.30. The van der Waals surface area contributed by atoms with E-state index in [2.05, 4.69) is 9.88 Å². The van der Waals surface area contributed by atoms with Crippen molar-refractivity contribution >= 4 is 5.82 Å². The van der Waals surface area contributed by atoms with Crippen molar-refractivity contribution in [3.05, 3.63) is 23.9 Å². The van der Waals surface area contributed by atoms with E-state index in [0.717, 1.165) is 17.9 Å². The average molecular weight is 209 g/mol. The Labute approximate surface area is 91.1 Å². The first-order valence-electron chi connectivity index (χ1n) is 5.07. The number of hydrogen-bond donors (Lipinski definition) is 1. The summed E-state index contributed by atoms with van der Waals surface area (Å²) in [5.74, 6) is 0.935. The van der Waals surface area contributed by atoms with Crippen LogP contribution in [0.4, 0.5) is 5.82 Å². The molecule has 0 saturated heterocycles. The average Bonchev–Trinajstić information content (AvgIpc) is 2.25. The molecule has 0 aliphatic rings. The van der Waals surface area contributed by atoms with Crippen LogP contribution in [-0.4, -0.2) is 32.3 Å². The number of hydrogen-bond acceptors (Lipinski definition) is 4. The van der Waals surface area contributed by atoms with Gasteiger partial charge in [0.25, 0.3) is 0 Å². The van der Waals surface area contributed by atoms with E-state index in [9.17, 15) is 0 Å². The highest BCUT2D eigenvalue weighted by Gasteiger charge is 2.10. The second-order valence-corrected chi connectivity index (χ2v) is 3.62. The summed E-state index contributed by atoms with van der Waals surface area (Å²) >= 11 is 0. The normalized spacial score (nSPS) is 12.5. The molecule has 0 bridgehead atoms. The summed E-state index contributed by atoms with van der Waals surface area (Å²) in [5, 5.41) is 0. The molecule has 1 heterocycles. The highest BCUT2D eigenvalue weighted by Crippen LogP contribution is 2.20. The smallest absolute Gasteiger partial charge is 0.133 e. The van der Waals surface area contributed by atoms with Crippen LogP contribution in [0.5, 0.6) is 0 Å². The van der Waals surface area contributed by atoms with Crippen LogP contribution >= 0.6 is 0 Å². The number of ether oxygens (including phenoxy) is 1. The van der Waals surface area contributed by atoms with Crippen LogP contribution in [0.3, 0.4) is 0 Å². The van der Waals surface area contributed by atoms with Gasteiger partial charge in [0.05, 0.1) is 6.61 Å². The van der Waals surface area contributed by atoms with Gasteiger partial charge < -0.3 is 15.4 Å². The summed E-state index contributed by atoms with van der Waals surface area (Å²) in [4.78, 5) is 6.40. The Morgan fingerprint density at radius 3 is 2.93 bits per heavy atom. The minimum atomic E-state index is -0.00121. The lowest BCUT2D eigenvalue weighted by Crippen LogP contribution is -2.25. The molecule has 84 valence electrons. The maximum Gasteiger partial charge on any atom is 0.133 e. The molecule has 0 aliphatic carbocycles. The number of aromatic nitrogens is 1. The van der Waals surface area contributed by atoms with E-state index in [1.165, 1.54) is 0 Å². The molecule has 1 atom stereocenters. The van der Waals surface area contributed by atoms with E-state index in [4.69, 9.17) is 10.5 Å². The van der Waals surface area contributed by atoms with Crippen LogP contribution in [0.25, 0.3) is 0 Å². The Morgan fingerprint density at radius 1 is 1.60 bits per heavy atom. The topological polar surface area (TPSA) is 51.4 Å². The third-order valence-corrected chi connectivity index (χ3v) is 2.30. The maximum atomic E-state index is 5.88. The van der Waals surface area contributed by atoms with Gasteiger partial charge >= 0.3 is 0 Å². The zero-order valence-corrected chi connectivity index (χ0v) is 9.60. The van der Waals surface area contributed by atoms with Crippen molar-refractivity contribution in [1.82, 2.24) is 4.98 Å². The summed E-state index contributed by atoms with van der Waals surface area (Å²) in [6, 6.07) is 3.92. The summed E-state index contributed by atoms with van der Waals surface area (Å²) in [6.45, 7) is 3.46. The van der Waals surface area contributed by atoms with Gasteiger partial charge in [-0.2, -0.15) is 0 Å². The van der Waals surface area contributed by atoms with Gasteiger partial charge in [-0.15, -0.1) is 0 Å². The Hall–Kier alpha value is -1.13. The molecular formula is C11H19N3O. The van der Waals surface area contributed by atoms with Crippen LogP contribution in [0, 0.1) is 0 Å². The SMILES string of the molecule is COCCN(C)c1ncccc1[C@H](C)N.